The average Bonchev–Trinajstić information content (AvgIpc) is 2.90. The Morgan fingerprint density at radius 3 is 3.00 bits per heavy atom. The van der Waals surface area contributed by atoms with E-state index in [0.717, 1.165) is 15.7 Å². The molecule has 0 bridgehead atoms. The minimum atomic E-state index is -0.336. The van der Waals surface area contributed by atoms with E-state index in [1.165, 1.54) is 6.08 Å². The smallest absolute Gasteiger partial charge is 0.330 e. The number of halogens is 1. The second-order valence-corrected chi connectivity index (χ2v) is 4.62. The fourth-order valence-electron chi connectivity index (χ4n) is 1.59. The van der Waals surface area contributed by atoms with Crippen molar-refractivity contribution < 1.29 is 9.53 Å². The van der Waals surface area contributed by atoms with Crippen molar-refractivity contribution in [3.05, 3.63) is 53.0 Å². The van der Waals surface area contributed by atoms with Crippen LogP contribution in [0.2, 0.25) is 0 Å². The van der Waals surface area contributed by atoms with E-state index in [0.29, 0.717) is 6.61 Å². The van der Waals surface area contributed by atoms with Crippen molar-refractivity contribution in [3.63, 3.8) is 0 Å². The first kappa shape index (κ1) is 13.5. The molecule has 1 heterocycles. The molecule has 0 aliphatic heterocycles. The van der Waals surface area contributed by atoms with E-state index < -0.39 is 0 Å². The van der Waals surface area contributed by atoms with Gasteiger partial charge in [-0.15, -0.1) is 0 Å². The Kier molecular flexibility index (Phi) is 4.52. The average molecular weight is 321 g/mol. The van der Waals surface area contributed by atoms with Crippen LogP contribution in [0.15, 0.2) is 47.5 Å². The van der Waals surface area contributed by atoms with E-state index >= 15 is 0 Å². The molecule has 2 aromatic rings. The molecule has 0 N–H and O–H groups in total. The molecule has 0 atom stereocenters. The highest BCUT2D eigenvalue weighted by Crippen LogP contribution is 2.22. The van der Waals surface area contributed by atoms with Crippen LogP contribution in [0.5, 0.6) is 0 Å². The first-order valence-corrected chi connectivity index (χ1v) is 6.62. The van der Waals surface area contributed by atoms with Crippen molar-refractivity contribution in [1.82, 2.24) is 9.55 Å². The van der Waals surface area contributed by atoms with Gasteiger partial charge in [-0.2, -0.15) is 0 Å². The standard InChI is InChI=1S/C14H13BrN2O2/c1-2-19-14(18)6-4-11-3-5-13(12(15)9-11)17-8-7-16-10-17/h3-10H,2H2,1H3. The molecular formula is C14H13BrN2O2. The summed E-state index contributed by atoms with van der Waals surface area (Å²) in [6, 6.07) is 5.82. The Morgan fingerprint density at radius 1 is 1.53 bits per heavy atom. The monoisotopic (exact) mass is 320 g/mol. The van der Waals surface area contributed by atoms with Crippen LogP contribution >= 0.6 is 15.9 Å². The van der Waals surface area contributed by atoms with Crippen LogP contribution in [0.1, 0.15) is 12.5 Å². The van der Waals surface area contributed by atoms with Gasteiger partial charge in [-0.3, -0.25) is 0 Å². The van der Waals surface area contributed by atoms with Crippen LogP contribution in [-0.4, -0.2) is 22.1 Å². The number of rotatable bonds is 4. The van der Waals surface area contributed by atoms with Crippen molar-refractivity contribution >= 4 is 28.0 Å². The highest BCUT2D eigenvalue weighted by molar-refractivity contribution is 9.10. The fraction of sp³-hybridized carbons (Fsp3) is 0.143. The number of aromatic nitrogens is 2. The molecule has 0 aliphatic carbocycles. The lowest BCUT2D eigenvalue weighted by Crippen LogP contribution is -1.98. The Morgan fingerprint density at radius 2 is 2.37 bits per heavy atom. The molecule has 98 valence electrons. The number of carbonyl (C=O) groups excluding carboxylic acids is 1. The molecule has 5 heteroatoms. The molecule has 0 radical (unpaired) electrons. The summed E-state index contributed by atoms with van der Waals surface area (Å²) in [5.41, 5.74) is 1.91. The molecule has 0 amide bonds. The number of hydrogen-bond donors (Lipinski definition) is 0. The highest BCUT2D eigenvalue weighted by Gasteiger charge is 2.02. The molecule has 0 aliphatic rings. The zero-order valence-electron chi connectivity index (χ0n) is 10.4. The third-order valence-corrected chi connectivity index (χ3v) is 3.09. The summed E-state index contributed by atoms with van der Waals surface area (Å²) in [5.74, 6) is -0.336. The minimum Gasteiger partial charge on any atom is -0.463 e. The van der Waals surface area contributed by atoms with Crippen molar-refractivity contribution in [2.24, 2.45) is 0 Å². The Bertz CT molecular complexity index is 591. The van der Waals surface area contributed by atoms with Gasteiger partial charge in [0, 0.05) is 22.9 Å². The normalized spacial score (nSPS) is 10.8. The summed E-state index contributed by atoms with van der Waals surface area (Å²) in [7, 11) is 0. The largest absolute Gasteiger partial charge is 0.463 e. The number of ether oxygens (including phenoxy) is 1. The number of benzene rings is 1. The van der Waals surface area contributed by atoms with E-state index in [-0.39, 0.29) is 5.97 Å². The maximum Gasteiger partial charge on any atom is 0.330 e. The molecule has 1 aromatic carbocycles. The number of nitrogens with zero attached hydrogens (tertiary/aromatic N) is 2. The highest BCUT2D eigenvalue weighted by atomic mass is 79.9. The molecule has 0 unspecified atom stereocenters. The number of imidazole rings is 1. The SMILES string of the molecule is CCOC(=O)C=Cc1ccc(-n2ccnc2)c(Br)c1. The summed E-state index contributed by atoms with van der Waals surface area (Å²) in [5, 5.41) is 0. The Labute approximate surface area is 119 Å². The topological polar surface area (TPSA) is 44.1 Å². The quantitative estimate of drug-likeness (QED) is 0.641. The van der Waals surface area contributed by atoms with E-state index in [1.54, 1.807) is 25.5 Å². The molecule has 2 rings (SSSR count). The molecule has 0 saturated carbocycles. The maximum absolute atomic E-state index is 11.2. The van der Waals surface area contributed by atoms with E-state index in [2.05, 4.69) is 20.9 Å². The summed E-state index contributed by atoms with van der Waals surface area (Å²) in [6.45, 7) is 2.16. The minimum absolute atomic E-state index is 0.336. The van der Waals surface area contributed by atoms with Gasteiger partial charge in [0.2, 0.25) is 0 Å². The van der Waals surface area contributed by atoms with Gasteiger partial charge in [-0.25, -0.2) is 9.78 Å². The second kappa shape index (κ2) is 6.33. The Hall–Kier alpha value is -1.88. The Balaban J connectivity index is 2.18. The van der Waals surface area contributed by atoms with Crippen molar-refractivity contribution in [3.8, 4) is 5.69 Å². The van der Waals surface area contributed by atoms with Crippen LogP contribution in [0.25, 0.3) is 11.8 Å². The van der Waals surface area contributed by atoms with Gasteiger partial charge in [0.05, 0.1) is 18.6 Å². The molecule has 0 fully saturated rings. The van der Waals surface area contributed by atoms with Crippen molar-refractivity contribution in [2.45, 2.75) is 6.92 Å². The van der Waals surface area contributed by atoms with E-state index in [4.69, 9.17) is 4.74 Å². The third kappa shape index (κ3) is 3.54. The van der Waals surface area contributed by atoms with Crippen LogP contribution in [0, 0.1) is 0 Å². The van der Waals surface area contributed by atoms with E-state index in [9.17, 15) is 4.79 Å². The molecule has 0 saturated heterocycles. The lowest BCUT2D eigenvalue weighted by atomic mass is 10.2. The third-order valence-electron chi connectivity index (χ3n) is 2.45. The van der Waals surface area contributed by atoms with Gasteiger partial charge < -0.3 is 9.30 Å². The lowest BCUT2D eigenvalue weighted by Gasteiger charge is -2.06. The van der Waals surface area contributed by atoms with Crippen LogP contribution < -0.4 is 0 Å². The van der Waals surface area contributed by atoms with Gasteiger partial charge in [-0.1, -0.05) is 6.07 Å². The van der Waals surface area contributed by atoms with Gasteiger partial charge in [-0.05, 0) is 46.6 Å². The molecular weight excluding hydrogens is 308 g/mol. The summed E-state index contributed by atoms with van der Waals surface area (Å²) >= 11 is 3.51. The van der Waals surface area contributed by atoms with Crippen LogP contribution in [-0.2, 0) is 9.53 Å². The van der Waals surface area contributed by atoms with Gasteiger partial charge >= 0.3 is 5.97 Å². The number of esters is 1. The maximum atomic E-state index is 11.2. The van der Waals surface area contributed by atoms with Crippen LogP contribution in [0.4, 0.5) is 0 Å². The summed E-state index contributed by atoms with van der Waals surface area (Å²) < 4.78 is 7.66. The zero-order chi connectivity index (χ0) is 13.7. The van der Waals surface area contributed by atoms with E-state index in [1.807, 2.05) is 29.0 Å². The van der Waals surface area contributed by atoms with Gasteiger partial charge in [0.15, 0.2) is 0 Å². The van der Waals surface area contributed by atoms with Crippen LogP contribution in [0.3, 0.4) is 0 Å². The second-order valence-electron chi connectivity index (χ2n) is 3.77. The van der Waals surface area contributed by atoms with Crippen molar-refractivity contribution in [1.29, 1.82) is 0 Å². The predicted octanol–water partition coefficient (Wildman–Crippen LogP) is 3.21. The van der Waals surface area contributed by atoms with Gasteiger partial charge in [0.1, 0.15) is 0 Å². The summed E-state index contributed by atoms with van der Waals surface area (Å²) in [4.78, 5) is 15.2. The fourth-order valence-corrected chi connectivity index (χ4v) is 2.19. The predicted molar refractivity (Wildman–Crippen MR) is 76.9 cm³/mol. The zero-order valence-corrected chi connectivity index (χ0v) is 12.0. The molecule has 0 spiro atoms. The summed E-state index contributed by atoms with van der Waals surface area (Å²) in [6.07, 6.45) is 8.46. The van der Waals surface area contributed by atoms with Crippen molar-refractivity contribution in [2.75, 3.05) is 6.61 Å². The van der Waals surface area contributed by atoms with Gasteiger partial charge in [0.25, 0.3) is 0 Å². The molecule has 19 heavy (non-hydrogen) atoms. The first-order valence-electron chi connectivity index (χ1n) is 5.83. The molecule has 1 aromatic heterocycles. The molecule has 4 nitrogen and oxygen atoms in total. The number of carbonyl (C=O) groups is 1. The first-order chi connectivity index (χ1) is 9.20. The number of hydrogen-bond acceptors (Lipinski definition) is 3. The lowest BCUT2D eigenvalue weighted by molar-refractivity contribution is -0.137.